The van der Waals surface area contributed by atoms with E-state index < -0.39 is 17.7 Å². The largest absolute Gasteiger partial charge is 0.444 e. The molecule has 0 aromatic heterocycles. The number of alkyl carbamates (subject to hydrolysis) is 1. The number of carbonyl (C=O) groups is 1. The van der Waals surface area contributed by atoms with Gasteiger partial charge in [0.05, 0.1) is 6.04 Å². The summed E-state index contributed by atoms with van der Waals surface area (Å²) in [5.74, 6) is -0.198. The van der Waals surface area contributed by atoms with Crippen LogP contribution >= 0.6 is 0 Å². The number of nitrogens with one attached hydrogen (secondary N) is 3. The first-order chi connectivity index (χ1) is 6.26. The quantitative estimate of drug-likeness (QED) is 0.304. The van der Waals surface area contributed by atoms with Crippen molar-refractivity contribution in [1.82, 2.24) is 10.8 Å². The van der Waals surface area contributed by atoms with Gasteiger partial charge in [0.25, 0.3) is 0 Å². The van der Waals surface area contributed by atoms with E-state index in [-0.39, 0.29) is 5.84 Å². The standard InChI is InChI=1S/C8H17N3O3/c1-5(6(9)11-13)10-7(12)14-8(2,3)4/h5,13H,1-4H3,(H2,9,11)(H,10,12)/t5-/m1/s1. The van der Waals surface area contributed by atoms with E-state index in [0.717, 1.165) is 0 Å². The zero-order chi connectivity index (χ0) is 11.4. The van der Waals surface area contributed by atoms with Crippen LogP contribution in [0, 0.1) is 5.41 Å². The zero-order valence-electron chi connectivity index (χ0n) is 8.84. The van der Waals surface area contributed by atoms with Gasteiger partial charge in [0.15, 0.2) is 0 Å². The first-order valence-corrected chi connectivity index (χ1v) is 4.24. The molecule has 14 heavy (non-hydrogen) atoms. The van der Waals surface area contributed by atoms with Gasteiger partial charge in [-0.1, -0.05) is 0 Å². The van der Waals surface area contributed by atoms with Crippen LogP contribution < -0.4 is 10.8 Å². The third-order valence-corrected chi connectivity index (χ3v) is 1.29. The summed E-state index contributed by atoms with van der Waals surface area (Å²) in [5.41, 5.74) is 1.08. The predicted molar refractivity (Wildman–Crippen MR) is 51.5 cm³/mol. The average Bonchev–Trinajstić information content (AvgIpc) is 1.99. The highest BCUT2D eigenvalue weighted by atomic mass is 16.6. The molecule has 6 heteroatoms. The van der Waals surface area contributed by atoms with Crippen molar-refractivity contribution in [2.24, 2.45) is 0 Å². The van der Waals surface area contributed by atoms with Crippen LogP contribution in [0.2, 0.25) is 0 Å². The molecule has 0 fully saturated rings. The van der Waals surface area contributed by atoms with Crippen LogP contribution in [-0.4, -0.2) is 28.8 Å². The van der Waals surface area contributed by atoms with Crippen molar-refractivity contribution in [1.29, 1.82) is 5.41 Å². The van der Waals surface area contributed by atoms with E-state index in [2.05, 4.69) is 5.32 Å². The molecule has 0 saturated heterocycles. The lowest BCUT2D eigenvalue weighted by Crippen LogP contribution is -2.45. The third-order valence-electron chi connectivity index (χ3n) is 1.29. The molecule has 82 valence electrons. The van der Waals surface area contributed by atoms with Crippen molar-refractivity contribution in [3.63, 3.8) is 0 Å². The number of rotatable bonds is 2. The van der Waals surface area contributed by atoms with Gasteiger partial charge >= 0.3 is 6.09 Å². The van der Waals surface area contributed by atoms with Crippen LogP contribution in [-0.2, 0) is 4.74 Å². The van der Waals surface area contributed by atoms with Crippen molar-refractivity contribution in [2.75, 3.05) is 0 Å². The van der Waals surface area contributed by atoms with Crippen LogP contribution in [0.3, 0.4) is 0 Å². The smallest absolute Gasteiger partial charge is 0.408 e. The van der Waals surface area contributed by atoms with E-state index in [0.29, 0.717) is 0 Å². The van der Waals surface area contributed by atoms with E-state index in [1.807, 2.05) is 0 Å². The fourth-order valence-corrected chi connectivity index (χ4v) is 0.653. The number of amides is 1. The molecule has 0 rings (SSSR count). The minimum absolute atomic E-state index is 0.198. The van der Waals surface area contributed by atoms with Crippen molar-refractivity contribution < 1.29 is 14.7 Å². The Morgan fingerprint density at radius 1 is 1.50 bits per heavy atom. The topological polar surface area (TPSA) is 94.4 Å². The number of ether oxygens (including phenoxy) is 1. The molecule has 1 atom stereocenters. The van der Waals surface area contributed by atoms with Crippen molar-refractivity contribution in [3.8, 4) is 0 Å². The summed E-state index contributed by atoms with van der Waals surface area (Å²) in [7, 11) is 0. The Kier molecular flexibility index (Phi) is 4.36. The maximum atomic E-state index is 11.2. The van der Waals surface area contributed by atoms with Gasteiger partial charge in [0.2, 0.25) is 0 Å². The maximum absolute atomic E-state index is 11.2. The molecule has 0 spiro atoms. The van der Waals surface area contributed by atoms with Gasteiger partial charge < -0.3 is 10.1 Å². The fraction of sp³-hybridized carbons (Fsp3) is 0.750. The summed E-state index contributed by atoms with van der Waals surface area (Å²) < 4.78 is 4.95. The SMILES string of the molecule is C[C@@H](NC(=O)OC(C)(C)C)C(=N)NO. The Morgan fingerprint density at radius 3 is 2.36 bits per heavy atom. The number of hydrogen-bond donors (Lipinski definition) is 4. The monoisotopic (exact) mass is 203 g/mol. The molecule has 0 saturated carbocycles. The number of carbonyl (C=O) groups excluding carboxylic acids is 1. The summed E-state index contributed by atoms with van der Waals surface area (Å²) in [5, 5.41) is 17.9. The molecule has 0 bridgehead atoms. The molecule has 0 aliphatic carbocycles. The normalized spacial score (nSPS) is 12.9. The molecule has 0 aromatic carbocycles. The Labute approximate surface area is 83.1 Å². The summed E-state index contributed by atoms with van der Waals surface area (Å²) in [4.78, 5) is 11.2. The summed E-state index contributed by atoms with van der Waals surface area (Å²) >= 11 is 0. The van der Waals surface area contributed by atoms with Crippen molar-refractivity contribution in [2.45, 2.75) is 39.3 Å². The van der Waals surface area contributed by atoms with Crippen molar-refractivity contribution >= 4 is 11.9 Å². The van der Waals surface area contributed by atoms with Gasteiger partial charge in [0.1, 0.15) is 11.4 Å². The van der Waals surface area contributed by atoms with Gasteiger partial charge in [-0.15, -0.1) is 0 Å². The van der Waals surface area contributed by atoms with Gasteiger partial charge in [0, 0.05) is 0 Å². The van der Waals surface area contributed by atoms with E-state index in [4.69, 9.17) is 15.4 Å². The Hall–Kier alpha value is -1.30. The fourth-order valence-electron chi connectivity index (χ4n) is 0.653. The third kappa shape index (κ3) is 5.36. The molecule has 4 N–H and O–H groups in total. The first-order valence-electron chi connectivity index (χ1n) is 4.24. The van der Waals surface area contributed by atoms with Gasteiger partial charge in [-0.3, -0.25) is 16.1 Å². The van der Waals surface area contributed by atoms with Crippen LogP contribution in [0.4, 0.5) is 4.79 Å². The van der Waals surface area contributed by atoms with Crippen molar-refractivity contribution in [3.05, 3.63) is 0 Å². The molecule has 0 radical (unpaired) electrons. The lowest BCUT2D eigenvalue weighted by molar-refractivity contribution is 0.0518. The highest BCUT2D eigenvalue weighted by Crippen LogP contribution is 2.06. The van der Waals surface area contributed by atoms with Gasteiger partial charge in [-0.2, -0.15) is 0 Å². The molecule has 1 amide bonds. The number of hydroxylamine groups is 1. The first kappa shape index (κ1) is 12.7. The zero-order valence-corrected chi connectivity index (χ0v) is 8.84. The Bertz CT molecular complexity index is 222. The lowest BCUT2D eigenvalue weighted by atomic mass is 10.2. The van der Waals surface area contributed by atoms with Crippen LogP contribution in [0.15, 0.2) is 0 Å². The number of hydrogen-bond acceptors (Lipinski definition) is 4. The van der Waals surface area contributed by atoms with E-state index >= 15 is 0 Å². The summed E-state index contributed by atoms with van der Waals surface area (Å²) in [6, 6.07) is -0.616. The molecule has 0 aliphatic heterocycles. The van der Waals surface area contributed by atoms with Crippen LogP contribution in [0.1, 0.15) is 27.7 Å². The minimum Gasteiger partial charge on any atom is -0.444 e. The number of amidine groups is 1. The highest BCUT2D eigenvalue weighted by Gasteiger charge is 2.18. The average molecular weight is 203 g/mol. The summed E-state index contributed by atoms with van der Waals surface area (Å²) in [6.07, 6.45) is -0.620. The van der Waals surface area contributed by atoms with Gasteiger partial charge in [-0.05, 0) is 27.7 Å². The maximum Gasteiger partial charge on any atom is 0.408 e. The van der Waals surface area contributed by atoms with Gasteiger partial charge in [-0.25, -0.2) is 4.79 Å². The van der Waals surface area contributed by atoms with Crippen LogP contribution in [0.25, 0.3) is 0 Å². The predicted octanol–water partition coefficient (Wildman–Crippen LogP) is 0.856. The Balaban J connectivity index is 4.01. The molecule has 0 aromatic rings. The second-order valence-electron chi connectivity index (χ2n) is 3.89. The molecular weight excluding hydrogens is 186 g/mol. The molecule has 0 aliphatic rings. The van der Waals surface area contributed by atoms with Crippen LogP contribution in [0.5, 0.6) is 0 Å². The highest BCUT2D eigenvalue weighted by molar-refractivity contribution is 5.86. The molecule has 0 unspecified atom stereocenters. The Morgan fingerprint density at radius 2 is 2.00 bits per heavy atom. The molecule has 6 nitrogen and oxygen atoms in total. The van der Waals surface area contributed by atoms with E-state index in [1.165, 1.54) is 0 Å². The lowest BCUT2D eigenvalue weighted by Gasteiger charge is -2.21. The minimum atomic E-state index is -0.620. The molecule has 0 heterocycles. The second kappa shape index (κ2) is 4.80. The summed E-state index contributed by atoms with van der Waals surface area (Å²) in [6.45, 7) is 6.78. The second-order valence-corrected chi connectivity index (χ2v) is 3.89. The van der Waals surface area contributed by atoms with E-state index in [9.17, 15) is 4.79 Å². The molecular formula is C8H17N3O3. The van der Waals surface area contributed by atoms with E-state index in [1.54, 1.807) is 33.2 Å².